The summed E-state index contributed by atoms with van der Waals surface area (Å²) in [6, 6.07) is 20.0. The van der Waals surface area contributed by atoms with Gasteiger partial charge in [0.2, 0.25) is 0 Å². The predicted molar refractivity (Wildman–Crippen MR) is 101 cm³/mol. The maximum absolute atomic E-state index is 2.39. The highest BCUT2D eigenvalue weighted by Crippen LogP contribution is 2.30. The van der Waals surface area contributed by atoms with Gasteiger partial charge in [-0.15, -0.1) is 11.3 Å². The van der Waals surface area contributed by atoms with Gasteiger partial charge in [-0.3, -0.25) is 0 Å². The van der Waals surface area contributed by atoms with Crippen molar-refractivity contribution >= 4 is 33.9 Å². The van der Waals surface area contributed by atoms with Gasteiger partial charge in [-0.25, -0.2) is 0 Å². The minimum atomic E-state index is 1.03. The molecule has 0 aliphatic rings. The SMILES string of the molecule is Cc1ccc(-c2ccc(Cc3cc(I)ccc3C)s2)cc1. The van der Waals surface area contributed by atoms with Crippen molar-refractivity contribution in [2.24, 2.45) is 0 Å². The topological polar surface area (TPSA) is 0 Å². The fraction of sp³-hybridized carbons (Fsp3) is 0.158. The number of benzene rings is 2. The van der Waals surface area contributed by atoms with Gasteiger partial charge in [0.15, 0.2) is 0 Å². The molecule has 3 rings (SSSR count). The Balaban J connectivity index is 1.85. The van der Waals surface area contributed by atoms with Crippen LogP contribution in [0.25, 0.3) is 10.4 Å². The van der Waals surface area contributed by atoms with Crippen LogP contribution >= 0.6 is 33.9 Å². The van der Waals surface area contributed by atoms with Gasteiger partial charge in [-0.05, 0) is 77.4 Å². The lowest BCUT2D eigenvalue weighted by molar-refractivity contribution is 1.19. The van der Waals surface area contributed by atoms with E-state index >= 15 is 0 Å². The molecular weight excluding hydrogens is 387 g/mol. The van der Waals surface area contributed by atoms with Gasteiger partial charge < -0.3 is 0 Å². The lowest BCUT2D eigenvalue weighted by Gasteiger charge is -2.05. The van der Waals surface area contributed by atoms with Crippen molar-refractivity contribution in [2.75, 3.05) is 0 Å². The van der Waals surface area contributed by atoms with Gasteiger partial charge in [-0.2, -0.15) is 0 Å². The summed E-state index contributed by atoms with van der Waals surface area (Å²) < 4.78 is 1.31. The Hall–Kier alpha value is -1.13. The maximum Gasteiger partial charge on any atom is 0.0345 e. The van der Waals surface area contributed by atoms with E-state index in [9.17, 15) is 0 Å². The van der Waals surface area contributed by atoms with Crippen LogP contribution in [0.2, 0.25) is 0 Å². The van der Waals surface area contributed by atoms with E-state index in [0.717, 1.165) is 6.42 Å². The van der Waals surface area contributed by atoms with Crippen molar-refractivity contribution in [2.45, 2.75) is 20.3 Å². The molecule has 0 aliphatic carbocycles. The zero-order valence-corrected chi connectivity index (χ0v) is 15.2. The van der Waals surface area contributed by atoms with Gasteiger partial charge in [0.05, 0.1) is 0 Å². The van der Waals surface area contributed by atoms with Crippen molar-refractivity contribution in [3.63, 3.8) is 0 Å². The monoisotopic (exact) mass is 404 g/mol. The van der Waals surface area contributed by atoms with E-state index < -0.39 is 0 Å². The zero-order valence-electron chi connectivity index (χ0n) is 12.2. The normalized spacial score (nSPS) is 10.8. The molecule has 0 N–H and O–H groups in total. The van der Waals surface area contributed by atoms with Gasteiger partial charge in [0, 0.05) is 19.7 Å². The Labute approximate surface area is 144 Å². The third kappa shape index (κ3) is 3.55. The molecule has 2 aromatic carbocycles. The average Bonchev–Trinajstić information content (AvgIpc) is 2.92. The van der Waals surface area contributed by atoms with E-state index in [1.807, 2.05) is 11.3 Å². The molecule has 0 atom stereocenters. The molecule has 0 unspecified atom stereocenters. The smallest absolute Gasteiger partial charge is 0.0345 e. The van der Waals surface area contributed by atoms with Crippen molar-refractivity contribution in [3.8, 4) is 10.4 Å². The first kappa shape index (κ1) is 14.8. The zero-order chi connectivity index (χ0) is 14.8. The van der Waals surface area contributed by atoms with Crippen LogP contribution in [0.15, 0.2) is 54.6 Å². The van der Waals surface area contributed by atoms with Crippen molar-refractivity contribution in [3.05, 3.63) is 79.7 Å². The van der Waals surface area contributed by atoms with Crippen LogP contribution in [-0.2, 0) is 6.42 Å². The fourth-order valence-electron chi connectivity index (χ4n) is 2.36. The van der Waals surface area contributed by atoms with Crippen LogP contribution < -0.4 is 0 Å². The second-order valence-electron chi connectivity index (χ2n) is 5.38. The first-order valence-corrected chi connectivity index (χ1v) is 8.92. The van der Waals surface area contributed by atoms with Crippen LogP contribution in [0, 0.1) is 17.4 Å². The summed E-state index contributed by atoms with van der Waals surface area (Å²) in [6.45, 7) is 4.32. The Morgan fingerprint density at radius 2 is 1.67 bits per heavy atom. The standard InChI is InChI=1S/C19H17IS/c1-13-3-6-15(7-4-13)19-10-9-18(21-19)12-16-11-17(20)8-5-14(16)2/h3-11H,12H2,1-2H3. The maximum atomic E-state index is 2.39. The average molecular weight is 404 g/mol. The number of hydrogen-bond acceptors (Lipinski definition) is 1. The number of thiophene rings is 1. The molecule has 21 heavy (non-hydrogen) atoms. The molecule has 3 aromatic rings. The molecule has 106 valence electrons. The minimum Gasteiger partial charge on any atom is -0.140 e. The summed E-state index contributed by atoms with van der Waals surface area (Å²) in [5.74, 6) is 0. The number of halogens is 1. The van der Waals surface area contributed by atoms with Crippen LogP contribution in [0.4, 0.5) is 0 Å². The largest absolute Gasteiger partial charge is 0.140 e. The van der Waals surface area contributed by atoms with E-state index in [1.54, 1.807) is 0 Å². The lowest BCUT2D eigenvalue weighted by Crippen LogP contribution is -1.90. The van der Waals surface area contributed by atoms with E-state index in [4.69, 9.17) is 0 Å². The van der Waals surface area contributed by atoms with Crippen LogP contribution in [0.5, 0.6) is 0 Å². The molecule has 1 aromatic heterocycles. The molecule has 0 aliphatic heterocycles. The summed E-state index contributed by atoms with van der Waals surface area (Å²) in [6.07, 6.45) is 1.03. The van der Waals surface area contributed by atoms with E-state index in [1.165, 1.54) is 35.6 Å². The molecule has 2 heteroatoms. The summed E-state index contributed by atoms with van der Waals surface area (Å²) >= 11 is 4.28. The highest BCUT2D eigenvalue weighted by molar-refractivity contribution is 14.1. The van der Waals surface area contributed by atoms with Crippen LogP contribution in [0.3, 0.4) is 0 Å². The number of aryl methyl sites for hydroxylation is 2. The fourth-order valence-corrected chi connectivity index (χ4v) is 3.96. The van der Waals surface area contributed by atoms with Gasteiger partial charge >= 0.3 is 0 Å². The first-order chi connectivity index (χ1) is 10.1. The second-order valence-corrected chi connectivity index (χ2v) is 7.79. The molecule has 0 amide bonds. The second kappa shape index (κ2) is 6.32. The van der Waals surface area contributed by atoms with Crippen molar-refractivity contribution in [1.82, 2.24) is 0 Å². The lowest BCUT2D eigenvalue weighted by atomic mass is 10.1. The molecule has 0 fully saturated rings. The highest BCUT2D eigenvalue weighted by atomic mass is 127. The molecule has 0 saturated carbocycles. The third-order valence-corrected chi connectivity index (χ3v) is 5.48. The Morgan fingerprint density at radius 1 is 0.905 bits per heavy atom. The summed E-state index contributed by atoms with van der Waals surface area (Å²) in [5, 5.41) is 0. The van der Waals surface area contributed by atoms with Crippen LogP contribution in [0.1, 0.15) is 21.6 Å². The molecule has 0 saturated heterocycles. The van der Waals surface area contributed by atoms with E-state index in [0.29, 0.717) is 0 Å². The van der Waals surface area contributed by atoms with Gasteiger partial charge in [-0.1, -0.05) is 35.9 Å². The molecular formula is C19H17IS. The van der Waals surface area contributed by atoms with Crippen LogP contribution in [-0.4, -0.2) is 0 Å². The summed E-state index contributed by atoms with van der Waals surface area (Å²) in [5.41, 5.74) is 5.43. The van der Waals surface area contributed by atoms with E-state index in [-0.39, 0.29) is 0 Å². The molecule has 0 nitrogen and oxygen atoms in total. The molecule has 0 spiro atoms. The number of hydrogen-bond donors (Lipinski definition) is 0. The molecule has 1 heterocycles. The van der Waals surface area contributed by atoms with Gasteiger partial charge in [0.1, 0.15) is 0 Å². The Morgan fingerprint density at radius 3 is 2.43 bits per heavy atom. The first-order valence-electron chi connectivity index (χ1n) is 7.02. The van der Waals surface area contributed by atoms with Crippen molar-refractivity contribution < 1.29 is 0 Å². The number of rotatable bonds is 3. The van der Waals surface area contributed by atoms with E-state index in [2.05, 4.69) is 91.0 Å². The Bertz CT molecular complexity index is 753. The highest BCUT2D eigenvalue weighted by Gasteiger charge is 2.06. The summed E-state index contributed by atoms with van der Waals surface area (Å²) in [4.78, 5) is 2.78. The molecule has 0 radical (unpaired) electrons. The Kier molecular flexibility index (Phi) is 4.45. The third-order valence-electron chi connectivity index (χ3n) is 3.67. The van der Waals surface area contributed by atoms with Gasteiger partial charge in [0.25, 0.3) is 0 Å². The molecule has 0 bridgehead atoms. The van der Waals surface area contributed by atoms with Crippen molar-refractivity contribution in [1.29, 1.82) is 0 Å². The minimum absolute atomic E-state index is 1.03. The quantitative estimate of drug-likeness (QED) is 0.454. The summed E-state index contributed by atoms with van der Waals surface area (Å²) in [7, 11) is 0. The predicted octanol–water partition coefficient (Wildman–Crippen LogP) is 6.23.